The molecular formula is C11H13ClN2O. The first kappa shape index (κ1) is 10.3. The van der Waals surface area contributed by atoms with Crippen LogP contribution in [0.15, 0.2) is 18.2 Å². The highest BCUT2D eigenvalue weighted by molar-refractivity contribution is 6.31. The Bertz CT molecular complexity index is 392. The zero-order chi connectivity index (χ0) is 10.8. The number of carbonyl (C=O) groups excluding carboxylic acids is 1. The SMILES string of the molecule is CCC1CC(=O)Nc2cc(Cl)ccc2N1. The number of nitrogens with one attached hydrogen (secondary N) is 2. The molecule has 0 bridgehead atoms. The predicted octanol–water partition coefficient (Wildman–Crippen LogP) is 2.87. The molecule has 1 aromatic rings. The normalized spacial score (nSPS) is 19.9. The first-order chi connectivity index (χ1) is 7.19. The number of rotatable bonds is 1. The molecule has 0 aliphatic carbocycles. The van der Waals surface area contributed by atoms with Gasteiger partial charge in [-0.15, -0.1) is 0 Å². The van der Waals surface area contributed by atoms with Gasteiger partial charge in [-0.05, 0) is 24.6 Å². The Morgan fingerprint density at radius 3 is 3.00 bits per heavy atom. The third-order valence-electron chi connectivity index (χ3n) is 2.54. The van der Waals surface area contributed by atoms with Crippen LogP contribution in [-0.4, -0.2) is 11.9 Å². The number of amides is 1. The molecule has 1 heterocycles. The van der Waals surface area contributed by atoms with E-state index in [2.05, 4.69) is 17.6 Å². The Kier molecular flexibility index (Phi) is 2.82. The van der Waals surface area contributed by atoms with Crippen molar-refractivity contribution in [3.63, 3.8) is 0 Å². The van der Waals surface area contributed by atoms with Gasteiger partial charge in [-0.3, -0.25) is 4.79 Å². The average Bonchev–Trinajstić information content (AvgIpc) is 2.35. The highest BCUT2D eigenvalue weighted by atomic mass is 35.5. The van der Waals surface area contributed by atoms with Crippen LogP contribution in [-0.2, 0) is 4.79 Å². The van der Waals surface area contributed by atoms with Crippen molar-refractivity contribution in [1.82, 2.24) is 0 Å². The molecule has 0 spiro atoms. The first-order valence-electron chi connectivity index (χ1n) is 5.05. The summed E-state index contributed by atoms with van der Waals surface area (Å²) in [5.74, 6) is 0.0374. The van der Waals surface area contributed by atoms with E-state index < -0.39 is 0 Å². The number of halogens is 1. The van der Waals surface area contributed by atoms with E-state index in [-0.39, 0.29) is 11.9 Å². The van der Waals surface area contributed by atoms with Gasteiger partial charge in [0, 0.05) is 17.5 Å². The van der Waals surface area contributed by atoms with Crippen LogP contribution in [0.2, 0.25) is 5.02 Å². The Balaban J connectivity index is 2.36. The zero-order valence-electron chi connectivity index (χ0n) is 8.51. The van der Waals surface area contributed by atoms with Crippen molar-refractivity contribution in [2.75, 3.05) is 10.6 Å². The molecule has 1 atom stereocenters. The van der Waals surface area contributed by atoms with Gasteiger partial charge >= 0.3 is 0 Å². The third-order valence-corrected chi connectivity index (χ3v) is 2.78. The summed E-state index contributed by atoms with van der Waals surface area (Å²) in [6, 6.07) is 5.68. The molecule has 0 saturated carbocycles. The molecule has 1 unspecified atom stereocenters. The summed E-state index contributed by atoms with van der Waals surface area (Å²) in [5.41, 5.74) is 1.71. The van der Waals surface area contributed by atoms with E-state index in [9.17, 15) is 4.79 Å². The number of hydrogen-bond acceptors (Lipinski definition) is 2. The van der Waals surface area contributed by atoms with Gasteiger partial charge in [0.05, 0.1) is 11.4 Å². The molecular weight excluding hydrogens is 212 g/mol. The third kappa shape index (κ3) is 2.23. The van der Waals surface area contributed by atoms with Gasteiger partial charge in [0.15, 0.2) is 0 Å². The van der Waals surface area contributed by atoms with Crippen LogP contribution in [0.3, 0.4) is 0 Å². The minimum Gasteiger partial charge on any atom is -0.380 e. The topological polar surface area (TPSA) is 41.1 Å². The monoisotopic (exact) mass is 224 g/mol. The van der Waals surface area contributed by atoms with E-state index in [0.717, 1.165) is 17.8 Å². The first-order valence-corrected chi connectivity index (χ1v) is 5.42. The Hall–Kier alpha value is -1.22. The summed E-state index contributed by atoms with van der Waals surface area (Å²) < 4.78 is 0. The van der Waals surface area contributed by atoms with Crippen LogP contribution >= 0.6 is 11.6 Å². The molecule has 4 heteroatoms. The molecule has 1 amide bonds. The highest BCUT2D eigenvalue weighted by Crippen LogP contribution is 2.29. The second kappa shape index (κ2) is 4.11. The lowest BCUT2D eigenvalue weighted by Gasteiger charge is -2.14. The van der Waals surface area contributed by atoms with Crippen molar-refractivity contribution < 1.29 is 4.79 Å². The molecule has 0 fully saturated rings. The van der Waals surface area contributed by atoms with E-state index in [0.29, 0.717) is 11.4 Å². The summed E-state index contributed by atoms with van der Waals surface area (Å²) in [7, 11) is 0. The van der Waals surface area contributed by atoms with Gasteiger partial charge in [0.25, 0.3) is 0 Å². The fraction of sp³-hybridized carbons (Fsp3) is 0.364. The predicted molar refractivity (Wildman–Crippen MR) is 62.4 cm³/mol. The molecule has 1 aromatic carbocycles. The van der Waals surface area contributed by atoms with Crippen LogP contribution in [0.5, 0.6) is 0 Å². The van der Waals surface area contributed by atoms with Crippen LogP contribution in [0.25, 0.3) is 0 Å². The molecule has 80 valence electrons. The highest BCUT2D eigenvalue weighted by Gasteiger charge is 2.19. The van der Waals surface area contributed by atoms with E-state index in [1.54, 1.807) is 6.07 Å². The van der Waals surface area contributed by atoms with Gasteiger partial charge < -0.3 is 10.6 Å². The zero-order valence-corrected chi connectivity index (χ0v) is 9.27. The van der Waals surface area contributed by atoms with E-state index in [1.807, 2.05) is 12.1 Å². The lowest BCUT2D eigenvalue weighted by Crippen LogP contribution is -2.21. The van der Waals surface area contributed by atoms with Crippen LogP contribution in [0.1, 0.15) is 19.8 Å². The maximum absolute atomic E-state index is 11.5. The standard InChI is InChI=1S/C11H13ClN2O/c1-2-8-6-11(15)14-10-5-7(12)3-4-9(10)13-8/h3-5,8,13H,2,6H2,1H3,(H,14,15). The van der Waals surface area contributed by atoms with Crippen molar-refractivity contribution in [1.29, 1.82) is 0 Å². The fourth-order valence-corrected chi connectivity index (χ4v) is 1.86. The molecule has 0 saturated heterocycles. The summed E-state index contributed by atoms with van der Waals surface area (Å²) in [5, 5.41) is 6.80. The van der Waals surface area contributed by atoms with Crippen molar-refractivity contribution in [2.45, 2.75) is 25.8 Å². The van der Waals surface area contributed by atoms with Crippen LogP contribution in [0, 0.1) is 0 Å². The molecule has 1 aliphatic rings. The second-order valence-electron chi connectivity index (χ2n) is 3.69. The number of benzene rings is 1. The Morgan fingerprint density at radius 2 is 2.27 bits per heavy atom. The molecule has 2 rings (SSSR count). The minimum absolute atomic E-state index is 0.0374. The van der Waals surface area contributed by atoms with Crippen molar-refractivity contribution >= 4 is 28.9 Å². The number of carbonyl (C=O) groups is 1. The molecule has 0 radical (unpaired) electrons. The van der Waals surface area contributed by atoms with Gasteiger partial charge in [0.2, 0.25) is 5.91 Å². The van der Waals surface area contributed by atoms with E-state index >= 15 is 0 Å². The molecule has 3 nitrogen and oxygen atoms in total. The lowest BCUT2D eigenvalue weighted by molar-refractivity contribution is -0.116. The second-order valence-corrected chi connectivity index (χ2v) is 4.13. The largest absolute Gasteiger partial charge is 0.380 e. The Morgan fingerprint density at radius 1 is 1.47 bits per heavy atom. The quantitative estimate of drug-likeness (QED) is 0.770. The van der Waals surface area contributed by atoms with Crippen molar-refractivity contribution in [3.05, 3.63) is 23.2 Å². The molecule has 0 aromatic heterocycles. The van der Waals surface area contributed by atoms with Gasteiger partial charge in [-0.25, -0.2) is 0 Å². The maximum atomic E-state index is 11.5. The molecule has 1 aliphatic heterocycles. The van der Waals surface area contributed by atoms with E-state index in [1.165, 1.54) is 0 Å². The summed E-state index contributed by atoms with van der Waals surface area (Å²) in [6.07, 6.45) is 1.43. The number of anilines is 2. The van der Waals surface area contributed by atoms with Crippen molar-refractivity contribution in [2.24, 2.45) is 0 Å². The molecule has 15 heavy (non-hydrogen) atoms. The number of fused-ring (bicyclic) bond motifs is 1. The average molecular weight is 225 g/mol. The number of hydrogen-bond donors (Lipinski definition) is 2. The van der Waals surface area contributed by atoms with Gasteiger partial charge in [0.1, 0.15) is 0 Å². The summed E-state index contributed by atoms with van der Waals surface area (Å²) in [6.45, 7) is 2.06. The van der Waals surface area contributed by atoms with Crippen LogP contribution < -0.4 is 10.6 Å². The van der Waals surface area contributed by atoms with Gasteiger partial charge in [-0.2, -0.15) is 0 Å². The minimum atomic E-state index is 0.0374. The van der Waals surface area contributed by atoms with Crippen molar-refractivity contribution in [3.8, 4) is 0 Å². The maximum Gasteiger partial charge on any atom is 0.226 e. The summed E-state index contributed by atoms with van der Waals surface area (Å²) in [4.78, 5) is 11.5. The summed E-state index contributed by atoms with van der Waals surface area (Å²) >= 11 is 5.87. The Labute approximate surface area is 93.8 Å². The smallest absolute Gasteiger partial charge is 0.226 e. The van der Waals surface area contributed by atoms with Gasteiger partial charge in [-0.1, -0.05) is 18.5 Å². The van der Waals surface area contributed by atoms with Crippen LogP contribution in [0.4, 0.5) is 11.4 Å². The lowest BCUT2D eigenvalue weighted by atomic mass is 10.1. The van der Waals surface area contributed by atoms with E-state index in [4.69, 9.17) is 11.6 Å². The fourth-order valence-electron chi connectivity index (χ4n) is 1.69. The molecule has 2 N–H and O–H groups in total.